The maximum Gasteiger partial charge on any atom is 0.325 e. The molecule has 2 heterocycles. The highest BCUT2D eigenvalue weighted by molar-refractivity contribution is 6.07. The van der Waals surface area contributed by atoms with Gasteiger partial charge < -0.3 is 10.6 Å². The number of piperidine rings is 1. The molecule has 1 aromatic rings. The minimum absolute atomic E-state index is 0.139. The van der Waals surface area contributed by atoms with Gasteiger partial charge in [-0.15, -0.1) is 0 Å². The van der Waals surface area contributed by atoms with Crippen molar-refractivity contribution in [2.24, 2.45) is 5.92 Å². The molecule has 2 atom stereocenters. The molecule has 0 saturated carbocycles. The van der Waals surface area contributed by atoms with E-state index in [1.54, 1.807) is 0 Å². The van der Waals surface area contributed by atoms with Crippen LogP contribution in [0.1, 0.15) is 36.5 Å². The summed E-state index contributed by atoms with van der Waals surface area (Å²) in [5.74, 6) is 0.208. The molecule has 2 aliphatic rings. The average Bonchev–Trinajstić information content (AvgIpc) is 2.72. The fourth-order valence-corrected chi connectivity index (χ4v) is 3.76. The first-order chi connectivity index (χ1) is 10.9. The van der Waals surface area contributed by atoms with Crippen molar-refractivity contribution in [2.45, 2.75) is 39.2 Å². The van der Waals surface area contributed by atoms with E-state index in [2.05, 4.69) is 10.6 Å². The second kappa shape index (κ2) is 5.96. The Hall–Kier alpha value is -1.88. The van der Waals surface area contributed by atoms with E-state index in [1.807, 2.05) is 39.0 Å². The van der Waals surface area contributed by atoms with Crippen LogP contribution in [0.5, 0.6) is 0 Å². The van der Waals surface area contributed by atoms with E-state index in [-0.39, 0.29) is 11.9 Å². The van der Waals surface area contributed by atoms with Crippen LogP contribution in [0.2, 0.25) is 0 Å². The normalized spacial score (nSPS) is 28.1. The number of hydrogen-bond donors (Lipinski definition) is 2. The minimum atomic E-state index is -0.961. The van der Waals surface area contributed by atoms with Gasteiger partial charge in [-0.1, -0.05) is 23.8 Å². The molecule has 2 fully saturated rings. The molecule has 3 amide bonds. The van der Waals surface area contributed by atoms with Gasteiger partial charge in [-0.2, -0.15) is 0 Å². The molecule has 0 spiro atoms. The summed E-state index contributed by atoms with van der Waals surface area (Å²) in [6.45, 7) is 8.22. The van der Waals surface area contributed by atoms with Crippen molar-refractivity contribution in [1.82, 2.24) is 15.5 Å². The predicted molar refractivity (Wildman–Crippen MR) is 89.1 cm³/mol. The molecule has 0 aliphatic carbocycles. The number of benzene rings is 1. The molecule has 1 aromatic carbocycles. The largest absolute Gasteiger partial charge is 0.325 e. The van der Waals surface area contributed by atoms with E-state index in [0.717, 1.165) is 42.6 Å². The summed E-state index contributed by atoms with van der Waals surface area (Å²) in [6.07, 6.45) is 2.16. The topological polar surface area (TPSA) is 61.4 Å². The Morgan fingerprint density at radius 2 is 2.09 bits per heavy atom. The van der Waals surface area contributed by atoms with Crippen molar-refractivity contribution < 1.29 is 9.59 Å². The van der Waals surface area contributed by atoms with Crippen molar-refractivity contribution in [3.8, 4) is 0 Å². The molecule has 0 radical (unpaired) electrons. The highest BCUT2D eigenvalue weighted by Crippen LogP contribution is 2.32. The molecule has 2 N–H and O–H groups in total. The van der Waals surface area contributed by atoms with Gasteiger partial charge in [0.05, 0.1) is 0 Å². The van der Waals surface area contributed by atoms with Gasteiger partial charge in [0.2, 0.25) is 0 Å². The number of carbonyl (C=O) groups is 2. The Bertz CT molecular complexity index is 637. The quantitative estimate of drug-likeness (QED) is 0.840. The zero-order valence-corrected chi connectivity index (χ0v) is 14.1. The maximum absolute atomic E-state index is 13.0. The smallest absolute Gasteiger partial charge is 0.319 e. The average molecular weight is 315 g/mol. The molecule has 2 unspecified atom stereocenters. The molecule has 2 aliphatic heterocycles. The molecule has 5 nitrogen and oxygen atoms in total. The third kappa shape index (κ3) is 2.85. The lowest BCUT2D eigenvalue weighted by Gasteiger charge is -2.27. The van der Waals surface area contributed by atoms with Crippen LogP contribution in [-0.4, -0.2) is 36.5 Å². The number of amides is 3. The number of nitrogens with zero attached hydrogens (tertiary/aromatic N) is 1. The van der Waals surface area contributed by atoms with Crippen LogP contribution in [-0.2, 0) is 10.3 Å². The molecule has 0 bridgehead atoms. The van der Waals surface area contributed by atoms with Crippen LogP contribution in [0.25, 0.3) is 0 Å². The van der Waals surface area contributed by atoms with Gasteiger partial charge in [-0.05, 0) is 63.7 Å². The molecular formula is C18H25N3O2. The number of aryl methyl sites for hydroxylation is 2. The monoisotopic (exact) mass is 315 g/mol. The third-order valence-electron chi connectivity index (χ3n) is 5.04. The van der Waals surface area contributed by atoms with E-state index in [0.29, 0.717) is 12.5 Å². The summed E-state index contributed by atoms with van der Waals surface area (Å²) in [5.41, 5.74) is 2.10. The van der Waals surface area contributed by atoms with Gasteiger partial charge >= 0.3 is 6.03 Å². The van der Waals surface area contributed by atoms with Gasteiger partial charge in [-0.3, -0.25) is 9.69 Å². The van der Waals surface area contributed by atoms with E-state index in [9.17, 15) is 9.59 Å². The predicted octanol–water partition coefficient (Wildman–Crippen LogP) is 2.07. The van der Waals surface area contributed by atoms with Gasteiger partial charge in [0.25, 0.3) is 5.91 Å². The maximum atomic E-state index is 13.0. The summed E-state index contributed by atoms with van der Waals surface area (Å²) >= 11 is 0. The Morgan fingerprint density at radius 3 is 2.74 bits per heavy atom. The molecule has 3 rings (SSSR count). The van der Waals surface area contributed by atoms with E-state index in [1.165, 1.54) is 4.90 Å². The molecule has 5 heteroatoms. The molecule has 2 saturated heterocycles. The molecular weight excluding hydrogens is 290 g/mol. The van der Waals surface area contributed by atoms with Gasteiger partial charge in [0.1, 0.15) is 5.54 Å². The Labute approximate surface area is 137 Å². The van der Waals surface area contributed by atoms with Crippen molar-refractivity contribution in [3.05, 3.63) is 34.9 Å². The first-order valence-corrected chi connectivity index (χ1v) is 8.34. The summed E-state index contributed by atoms with van der Waals surface area (Å²) < 4.78 is 0. The van der Waals surface area contributed by atoms with Crippen LogP contribution < -0.4 is 10.6 Å². The van der Waals surface area contributed by atoms with Crippen LogP contribution >= 0.6 is 0 Å². The van der Waals surface area contributed by atoms with Crippen molar-refractivity contribution in [1.29, 1.82) is 0 Å². The SMILES string of the molecule is Cc1ccc(C2(C)NC(=O)N(CC3CCCNC3)C2=O)c(C)c1. The molecule has 0 aromatic heterocycles. The fraction of sp³-hybridized carbons (Fsp3) is 0.556. The standard InChI is InChI=1S/C18H25N3O2/c1-12-6-7-15(13(2)9-12)18(3)16(22)21(17(23)20-18)11-14-5-4-8-19-10-14/h6-7,9,14,19H,4-5,8,10-11H2,1-3H3,(H,20,23). The van der Waals surface area contributed by atoms with E-state index in [4.69, 9.17) is 0 Å². The highest BCUT2D eigenvalue weighted by Gasteiger charge is 2.49. The summed E-state index contributed by atoms with van der Waals surface area (Å²) in [7, 11) is 0. The van der Waals surface area contributed by atoms with Crippen molar-refractivity contribution in [2.75, 3.05) is 19.6 Å². The fourth-order valence-electron chi connectivity index (χ4n) is 3.76. The minimum Gasteiger partial charge on any atom is -0.319 e. The summed E-state index contributed by atoms with van der Waals surface area (Å²) in [4.78, 5) is 26.8. The number of nitrogens with one attached hydrogen (secondary N) is 2. The Kier molecular flexibility index (Phi) is 4.15. The Morgan fingerprint density at radius 1 is 1.30 bits per heavy atom. The van der Waals surface area contributed by atoms with Crippen molar-refractivity contribution >= 4 is 11.9 Å². The van der Waals surface area contributed by atoms with Crippen LogP contribution in [0.3, 0.4) is 0 Å². The lowest BCUT2D eigenvalue weighted by Crippen LogP contribution is -2.43. The third-order valence-corrected chi connectivity index (χ3v) is 5.04. The van der Waals surface area contributed by atoms with Crippen LogP contribution in [0, 0.1) is 19.8 Å². The Balaban J connectivity index is 1.84. The zero-order chi connectivity index (χ0) is 16.6. The van der Waals surface area contributed by atoms with Gasteiger partial charge in [-0.25, -0.2) is 4.79 Å². The number of carbonyl (C=O) groups excluding carboxylic acids is 2. The number of imide groups is 1. The van der Waals surface area contributed by atoms with Crippen LogP contribution in [0.4, 0.5) is 4.79 Å². The van der Waals surface area contributed by atoms with E-state index < -0.39 is 5.54 Å². The van der Waals surface area contributed by atoms with Crippen LogP contribution in [0.15, 0.2) is 18.2 Å². The number of rotatable bonds is 3. The lowest BCUT2D eigenvalue weighted by molar-refractivity contribution is -0.131. The number of urea groups is 1. The molecule has 124 valence electrons. The summed E-state index contributed by atoms with van der Waals surface area (Å²) in [5, 5.41) is 6.25. The highest BCUT2D eigenvalue weighted by atomic mass is 16.2. The first kappa shape index (κ1) is 16.0. The lowest BCUT2D eigenvalue weighted by atomic mass is 9.87. The van der Waals surface area contributed by atoms with Gasteiger partial charge in [0, 0.05) is 6.54 Å². The van der Waals surface area contributed by atoms with Gasteiger partial charge in [0.15, 0.2) is 0 Å². The second-order valence-electron chi connectivity index (χ2n) is 7.00. The number of hydrogen-bond acceptors (Lipinski definition) is 3. The first-order valence-electron chi connectivity index (χ1n) is 8.34. The van der Waals surface area contributed by atoms with E-state index >= 15 is 0 Å². The van der Waals surface area contributed by atoms with Crippen molar-refractivity contribution in [3.63, 3.8) is 0 Å². The summed E-state index contributed by atoms with van der Waals surface area (Å²) in [6, 6.07) is 5.71. The second-order valence-corrected chi connectivity index (χ2v) is 7.00. The zero-order valence-electron chi connectivity index (χ0n) is 14.1. The molecule has 23 heavy (non-hydrogen) atoms.